The zero-order chi connectivity index (χ0) is 8.23. The van der Waals surface area contributed by atoms with Crippen molar-refractivity contribution in [3.8, 4) is 0 Å². The fourth-order valence-electron chi connectivity index (χ4n) is 0.680. The van der Waals surface area contributed by atoms with Crippen LogP contribution in [0.15, 0.2) is 18.9 Å². The van der Waals surface area contributed by atoms with Gasteiger partial charge in [0.25, 0.3) is 0 Å². The lowest BCUT2D eigenvalue weighted by molar-refractivity contribution is 0.940. The number of hydrogen-bond donors (Lipinski definition) is 2. The fraction of sp³-hybridized carbons (Fsp3) is 0. The number of aromatic amines is 1. The Bertz CT molecular complexity index is 328. The number of H-pyrrole nitrogens is 1. The summed E-state index contributed by atoms with van der Waals surface area (Å²) in [7, 11) is 0. The summed E-state index contributed by atoms with van der Waals surface area (Å²) in [6.45, 7) is 0. The summed E-state index contributed by atoms with van der Waals surface area (Å²) in [5.41, 5.74) is 0. The molecule has 0 fully saturated rings. The van der Waals surface area contributed by atoms with Crippen LogP contribution in [-0.2, 0) is 0 Å². The molecule has 0 saturated carbocycles. The first-order valence-corrected chi connectivity index (χ1v) is 3.20. The zero-order valence-corrected chi connectivity index (χ0v) is 5.97. The first-order chi connectivity index (χ1) is 5.95. The zero-order valence-electron chi connectivity index (χ0n) is 5.97. The lowest BCUT2D eigenvalue weighted by Gasteiger charge is -1.95. The molecule has 2 N–H and O–H groups in total. The van der Waals surface area contributed by atoms with Crippen LogP contribution in [0.3, 0.4) is 0 Å². The molecule has 0 aliphatic rings. The van der Waals surface area contributed by atoms with Crippen molar-refractivity contribution < 1.29 is 0 Å². The molecular formula is C5H5N7. The van der Waals surface area contributed by atoms with Crippen LogP contribution in [0, 0.1) is 0 Å². The molecule has 0 amide bonds. The van der Waals surface area contributed by atoms with E-state index in [-0.39, 0.29) is 0 Å². The van der Waals surface area contributed by atoms with E-state index in [1.54, 1.807) is 0 Å². The number of nitrogens with one attached hydrogen (secondary N) is 2. The first kappa shape index (κ1) is 6.65. The molecule has 12 heavy (non-hydrogen) atoms. The largest absolute Gasteiger partial charge is 0.306 e. The van der Waals surface area contributed by atoms with Gasteiger partial charge in [-0.15, -0.1) is 5.10 Å². The smallest absolute Gasteiger partial charge is 0.231 e. The Morgan fingerprint density at radius 1 is 1.25 bits per heavy atom. The summed E-state index contributed by atoms with van der Waals surface area (Å²) in [5.74, 6) is 1.01. The van der Waals surface area contributed by atoms with Crippen molar-refractivity contribution in [3.63, 3.8) is 0 Å². The maximum absolute atomic E-state index is 3.84. The summed E-state index contributed by atoms with van der Waals surface area (Å²) in [5, 5.41) is 12.6. The number of anilines is 2. The highest BCUT2D eigenvalue weighted by molar-refractivity contribution is 5.43. The summed E-state index contributed by atoms with van der Waals surface area (Å²) >= 11 is 0. The molecule has 0 bridgehead atoms. The van der Waals surface area contributed by atoms with Gasteiger partial charge >= 0.3 is 0 Å². The molecule has 0 aliphatic carbocycles. The second-order valence-corrected chi connectivity index (χ2v) is 1.94. The monoisotopic (exact) mass is 163 g/mol. The van der Waals surface area contributed by atoms with Gasteiger partial charge in [-0.05, 0) is 0 Å². The van der Waals surface area contributed by atoms with Gasteiger partial charge in [-0.1, -0.05) is 0 Å². The minimum Gasteiger partial charge on any atom is -0.306 e. The van der Waals surface area contributed by atoms with Crippen molar-refractivity contribution in [3.05, 3.63) is 18.9 Å². The van der Waals surface area contributed by atoms with Gasteiger partial charge in [0.1, 0.15) is 12.7 Å². The van der Waals surface area contributed by atoms with Gasteiger partial charge in [-0.2, -0.15) is 10.3 Å². The number of aromatic nitrogens is 6. The SMILES string of the molecule is c1ncnc(Nc2cn[nH]n2)n1. The molecule has 0 unspecified atom stereocenters. The van der Waals surface area contributed by atoms with Crippen molar-refractivity contribution >= 4 is 11.8 Å². The summed E-state index contributed by atoms with van der Waals surface area (Å²) in [6, 6.07) is 0. The molecule has 60 valence electrons. The van der Waals surface area contributed by atoms with E-state index in [0.717, 1.165) is 0 Å². The average Bonchev–Trinajstić information content (AvgIpc) is 2.59. The van der Waals surface area contributed by atoms with Crippen molar-refractivity contribution in [1.29, 1.82) is 0 Å². The molecule has 0 spiro atoms. The van der Waals surface area contributed by atoms with Crippen LogP contribution in [0.4, 0.5) is 11.8 Å². The van der Waals surface area contributed by atoms with E-state index in [1.165, 1.54) is 18.9 Å². The molecule has 7 heteroatoms. The first-order valence-electron chi connectivity index (χ1n) is 3.20. The third-order valence-electron chi connectivity index (χ3n) is 1.15. The lowest BCUT2D eigenvalue weighted by Crippen LogP contribution is -1.96. The van der Waals surface area contributed by atoms with Crippen LogP contribution in [0.1, 0.15) is 0 Å². The maximum Gasteiger partial charge on any atom is 0.231 e. The highest BCUT2D eigenvalue weighted by Crippen LogP contribution is 2.03. The Morgan fingerprint density at radius 3 is 2.75 bits per heavy atom. The fourth-order valence-corrected chi connectivity index (χ4v) is 0.680. The molecule has 0 aromatic carbocycles. The Balaban J connectivity index is 2.15. The third-order valence-corrected chi connectivity index (χ3v) is 1.15. The van der Waals surface area contributed by atoms with Gasteiger partial charge in [-0.25, -0.2) is 15.0 Å². The quantitative estimate of drug-likeness (QED) is 0.633. The third kappa shape index (κ3) is 1.34. The van der Waals surface area contributed by atoms with Gasteiger partial charge in [0.05, 0.1) is 6.20 Å². The predicted molar refractivity (Wildman–Crippen MR) is 39.5 cm³/mol. The maximum atomic E-state index is 3.84. The topological polar surface area (TPSA) is 92.3 Å². The minimum atomic E-state index is 0.443. The Morgan fingerprint density at radius 2 is 2.08 bits per heavy atom. The standard InChI is InChI=1S/C5H5N7/c1-4(11-12-9-1)10-5-7-2-6-3-8-5/h1-3H,(H2,6,7,8,9,10,11,12). The van der Waals surface area contributed by atoms with Crippen molar-refractivity contribution in [2.24, 2.45) is 0 Å². The number of rotatable bonds is 2. The summed E-state index contributed by atoms with van der Waals surface area (Å²) in [6.07, 6.45) is 4.33. The lowest BCUT2D eigenvalue weighted by atomic mass is 10.7. The molecule has 0 aliphatic heterocycles. The van der Waals surface area contributed by atoms with Crippen molar-refractivity contribution in [2.75, 3.05) is 5.32 Å². The van der Waals surface area contributed by atoms with E-state index in [2.05, 4.69) is 35.7 Å². The highest BCUT2D eigenvalue weighted by atomic mass is 15.4. The Kier molecular flexibility index (Phi) is 1.61. The molecular weight excluding hydrogens is 158 g/mol. The van der Waals surface area contributed by atoms with Gasteiger partial charge in [0, 0.05) is 0 Å². The molecule has 2 aromatic heterocycles. The van der Waals surface area contributed by atoms with Gasteiger partial charge < -0.3 is 5.32 Å². The van der Waals surface area contributed by atoms with E-state index in [9.17, 15) is 0 Å². The van der Waals surface area contributed by atoms with Crippen molar-refractivity contribution in [1.82, 2.24) is 30.4 Å². The van der Waals surface area contributed by atoms with Crippen molar-refractivity contribution in [2.45, 2.75) is 0 Å². The van der Waals surface area contributed by atoms with Crippen LogP contribution < -0.4 is 5.32 Å². The summed E-state index contributed by atoms with van der Waals surface area (Å²) < 4.78 is 0. The van der Waals surface area contributed by atoms with E-state index in [1.807, 2.05) is 0 Å². The second-order valence-electron chi connectivity index (χ2n) is 1.94. The highest BCUT2D eigenvalue weighted by Gasteiger charge is 1.96. The van der Waals surface area contributed by atoms with Crippen LogP contribution in [0.2, 0.25) is 0 Å². The Labute approximate surface area is 67.3 Å². The molecule has 2 rings (SSSR count). The van der Waals surface area contributed by atoms with Crippen LogP contribution in [-0.4, -0.2) is 30.4 Å². The predicted octanol–water partition coefficient (Wildman–Crippen LogP) is -0.267. The van der Waals surface area contributed by atoms with Crippen LogP contribution >= 0.6 is 0 Å². The molecule has 0 radical (unpaired) electrons. The number of hydrogen-bond acceptors (Lipinski definition) is 6. The molecule has 0 saturated heterocycles. The van der Waals surface area contributed by atoms with Gasteiger partial charge in [0.15, 0.2) is 5.82 Å². The normalized spacial score (nSPS) is 9.67. The van der Waals surface area contributed by atoms with Gasteiger partial charge in [0.2, 0.25) is 5.95 Å². The van der Waals surface area contributed by atoms with E-state index in [0.29, 0.717) is 11.8 Å². The van der Waals surface area contributed by atoms with E-state index in [4.69, 9.17) is 0 Å². The van der Waals surface area contributed by atoms with E-state index < -0.39 is 0 Å². The van der Waals surface area contributed by atoms with Crippen LogP contribution in [0.25, 0.3) is 0 Å². The minimum absolute atomic E-state index is 0.443. The summed E-state index contributed by atoms with van der Waals surface area (Å²) in [4.78, 5) is 11.3. The molecule has 2 aromatic rings. The van der Waals surface area contributed by atoms with E-state index >= 15 is 0 Å². The molecule has 0 atom stereocenters. The number of nitrogens with zero attached hydrogens (tertiary/aromatic N) is 5. The Hall–Kier alpha value is -2.05. The second kappa shape index (κ2) is 2.91. The molecule has 2 heterocycles. The van der Waals surface area contributed by atoms with Gasteiger partial charge in [-0.3, -0.25) is 0 Å². The van der Waals surface area contributed by atoms with Crippen LogP contribution in [0.5, 0.6) is 0 Å². The molecule has 7 nitrogen and oxygen atoms in total. The average molecular weight is 163 g/mol.